The Bertz CT molecular complexity index is 411. The third-order valence-corrected chi connectivity index (χ3v) is 3.88. The maximum absolute atomic E-state index is 6.13. The zero-order valence-electron chi connectivity index (χ0n) is 11.4. The van der Waals surface area contributed by atoms with Crippen LogP contribution in [0, 0.1) is 0 Å². The number of rotatable bonds is 5. The minimum Gasteiger partial charge on any atom is -0.490 e. The molecule has 1 aromatic rings. The first-order valence-corrected chi connectivity index (χ1v) is 7.28. The van der Waals surface area contributed by atoms with Crippen LogP contribution in [0.5, 0.6) is 5.75 Å². The fourth-order valence-corrected chi connectivity index (χ4v) is 2.81. The van der Waals surface area contributed by atoms with Crippen LogP contribution in [0.3, 0.4) is 0 Å². The van der Waals surface area contributed by atoms with Gasteiger partial charge in [0.25, 0.3) is 0 Å². The summed E-state index contributed by atoms with van der Waals surface area (Å²) in [6, 6.07) is 5.76. The van der Waals surface area contributed by atoms with Crippen molar-refractivity contribution < 1.29 is 9.47 Å². The van der Waals surface area contributed by atoms with Crippen LogP contribution in [0.25, 0.3) is 0 Å². The van der Waals surface area contributed by atoms with Crippen LogP contribution >= 0.6 is 11.6 Å². The van der Waals surface area contributed by atoms with Crippen molar-refractivity contribution in [1.82, 2.24) is 0 Å². The topological polar surface area (TPSA) is 44.5 Å². The Morgan fingerprint density at radius 2 is 2.11 bits per heavy atom. The number of ether oxygens (including phenoxy) is 2. The third kappa shape index (κ3) is 4.10. The van der Waals surface area contributed by atoms with E-state index in [1.807, 2.05) is 18.2 Å². The van der Waals surface area contributed by atoms with Gasteiger partial charge in [-0.3, -0.25) is 0 Å². The summed E-state index contributed by atoms with van der Waals surface area (Å²) < 4.78 is 11.6. The summed E-state index contributed by atoms with van der Waals surface area (Å²) in [5, 5.41) is 0.731. The molecule has 19 heavy (non-hydrogen) atoms. The molecule has 1 saturated carbocycles. The molecule has 1 aromatic carbocycles. The number of hydrogen-bond acceptors (Lipinski definition) is 3. The summed E-state index contributed by atoms with van der Waals surface area (Å²) in [5.41, 5.74) is 6.73. The Morgan fingerprint density at radius 3 is 2.84 bits per heavy atom. The van der Waals surface area contributed by atoms with Crippen molar-refractivity contribution in [3.63, 3.8) is 0 Å². The summed E-state index contributed by atoms with van der Waals surface area (Å²) in [6.07, 6.45) is 5.68. The quantitative estimate of drug-likeness (QED) is 0.903. The molecule has 2 N–H and O–H groups in total. The molecule has 0 heterocycles. The van der Waals surface area contributed by atoms with E-state index < -0.39 is 0 Å². The minimum atomic E-state index is 0.233. The Balaban J connectivity index is 2.05. The SMILES string of the molecule is COC1CCCC(Oc2ccc(Cl)cc2CCN)C1. The first-order chi connectivity index (χ1) is 9.22. The highest BCUT2D eigenvalue weighted by molar-refractivity contribution is 6.30. The Labute approximate surface area is 120 Å². The molecule has 4 heteroatoms. The molecule has 1 aliphatic rings. The molecule has 0 spiro atoms. The molecular formula is C15H22ClNO2. The second-order valence-corrected chi connectivity index (χ2v) is 5.49. The molecule has 2 unspecified atom stereocenters. The van der Waals surface area contributed by atoms with E-state index in [0.717, 1.165) is 48.4 Å². The van der Waals surface area contributed by atoms with E-state index in [9.17, 15) is 0 Å². The van der Waals surface area contributed by atoms with Gasteiger partial charge in [-0.2, -0.15) is 0 Å². The van der Waals surface area contributed by atoms with Crippen LogP contribution in [0.4, 0.5) is 0 Å². The van der Waals surface area contributed by atoms with Crippen molar-refractivity contribution in [3.8, 4) is 5.75 Å². The Morgan fingerprint density at radius 1 is 1.32 bits per heavy atom. The molecule has 2 rings (SSSR count). The lowest BCUT2D eigenvalue weighted by Gasteiger charge is -2.29. The Kier molecular flexibility index (Phi) is 5.49. The maximum atomic E-state index is 6.13. The highest BCUT2D eigenvalue weighted by atomic mass is 35.5. The average Bonchev–Trinajstić information content (AvgIpc) is 2.42. The molecule has 0 saturated heterocycles. The zero-order valence-corrected chi connectivity index (χ0v) is 12.2. The van der Waals surface area contributed by atoms with Gasteiger partial charge in [0.05, 0.1) is 6.10 Å². The molecule has 106 valence electrons. The van der Waals surface area contributed by atoms with E-state index in [1.165, 1.54) is 0 Å². The molecule has 2 atom stereocenters. The van der Waals surface area contributed by atoms with Crippen LogP contribution in [0.1, 0.15) is 31.2 Å². The lowest BCUT2D eigenvalue weighted by Crippen LogP contribution is -2.29. The minimum absolute atomic E-state index is 0.233. The number of methoxy groups -OCH3 is 1. The van der Waals surface area contributed by atoms with Gasteiger partial charge >= 0.3 is 0 Å². The maximum Gasteiger partial charge on any atom is 0.123 e. The van der Waals surface area contributed by atoms with Gasteiger partial charge < -0.3 is 15.2 Å². The summed E-state index contributed by atoms with van der Waals surface area (Å²) >= 11 is 6.02. The van der Waals surface area contributed by atoms with Gasteiger partial charge in [-0.05, 0) is 56.0 Å². The molecule has 0 radical (unpaired) electrons. The van der Waals surface area contributed by atoms with Gasteiger partial charge in [-0.15, -0.1) is 0 Å². The molecule has 0 amide bonds. The van der Waals surface area contributed by atoms with Gasteiger partial charge in [0, 0.05) is 18.6 Å². The van der Waals surface area contributed by atoms with Gasteiger partial charge in [0.2, 0.25) is 0 Å². The van der Waals surface area contributed by atoms with Crippen LogP contribution < -0.4 is 10.5 Å². The lowest BCUT2D eigenvalue weighted by molar-refractivity contribution is 0.0207. The van der Waals surface area contributed by atoms with Crippen molar-refractivity contribution in [3.05, 3.63) is 28.8 Å². The molecule has 0 aliphatic heterocycles. The molecule has 1 aliphatic carbocycles. The number of hydrogen-bond donors (Lipinski definition) is 1. The molecule has 3 nitrogen and oxygen atoms in total. The van der Waals surface area contributed by atoms with Crippen LogP contribution in [-0.4, -0.2) is 25.9 Å². The second-order valence-electron chi connectivity index (χ2n) is 5.05. The fourth-order valence-electron chi connectivity index (χ4n) is 2.62. The summed E-state index contributed by atoms with van der Waals surface area (Å²) in [6.45, 7) is 0.599. The summed E-state index contributed by atoms with van der Waals surface area (Å²) in [4.78, 5) is 0. The standard InChI is InChI=1S/C15H22ClNO2/c1-18-13-3-2-4-14(10-13)19-15-6-5-12(16)9-11(15)7-8-17/h5-6,9,13-14H,2-4,7-8,10,17H2,1H3. The van der Waals surface area contributed by atoms with Crippen molar-refractivity contribution in [2.45, 2.75) is 44.3 Å². The lowest BCUT2D eigenvalue weighted by atomic mass is 9.95. The summed E-state index contributed by atoms with van der Waals surface area (Å²) in [7, 11) is 1.77. The Hall–Kier alpha value is -0.770. The first-order valence-electron chi connectivity index (χ1n) is 6.91. The first kappa shape index (κ1) is 14.6. The van der Waals surface area contributed by atoms with Gasteiger partial charge in [0.1, 0.15) is 11.9 Å². The largest absolute Gasteiger partial charge is 0.490 e. The van der Waals surface area contributed by atoms with E-state index in [2.05, 4.69) is 0 Å². The zero-order chi connectivity index (χ0) is 13.7. The van der Waals surface area contributed by atoms with Crippen molar-refractivity contribution in [1.29, 1.82) is 0 Å². The second kappa shape index (κ2) is 7.13. The average molecular weight is 284 g/mol. The monoisotopic (exact) mass is 283 g/mol. The highest BCUT2D eigenvalue weighted by Crippen LogP contribution is 2.29. The van der Waals surface area contributed by atoms with Crippen molar-refractivity contribution in [2.24, 2.45) is 5.73 Å². The number of benzene rings is 1. The van der Waals surface area contributed by atoms with Crippen LogP contribution in [0.2, 0.25) is 5.02 Å². The normalized spacial score (nSPS) is 23.3. The highest BCUT2D eigenvalue weighted by Gasteiger charge is 2.23. The molecule has 0 bridgehead atoms. The van der Waals surface area contributed by atoms with Crippen LogP contribution in [0.15, 0.2) is 18.2 Å². The predicted molar refractivity (Wildman–Crippen MR) is 77.9 cm³/mol. The van der Waals surface area contributed by atoms with E-state index in [1.54, 1.807) is 7.11 Å². The van der Waals surface area contributed by atoms with E-state index >= 15 is 0 Å². The van der Waals surface area contributed by atoms with Gasteiger partial charge in [0.15, 0.2) is 0 Å². The van der Waals surface area contributed by atoms with Gasteiger partial charge in [-0.1, -0.05) is 11.6 Å². The molecular weight excluding hydrogens is 262 g/mol. The summed E-state index contributed by atoms with van der Waals surface area (Å²) in [5.74, 6) is 0.914. The van der Waals surface area contributed by atoms with Crippen molar-refractivity contribution in [2.75, 3.05) is 13.7 Å². The van der Waals surface area contributed by atoms with E-state index in [-0.39, 0.29) is 6.10 Å². The number of halogens is 1. The molecule has 0 aromatic heterocycles. The van der Waals surface area contributed by atoms with Crippen LogP contribution in [-0.2, 0) is 11.2 Å². The van der Waals surface area contributed by atoms with Gasteiger partial charge in [-0.25, -0.2) is 0 Å². The van der Waals surface area contributed by atoms with Crippen molar-refractivity contribution >= 4 is 11.6 Å². The molecule has 1 fully saturated rings. The predicted octanol–water partition coefficient (Wildman–Crippen LogP) is 3.18. The van der Waals surface area contributed by atoms with E-state index in [0.29, 0.717) is 12.6 Å². The number of nitrogens with two attached hydrogens (primary N) is 1. The van der Waals surface area contributed by atoms with E-state index in [4.69, 9.17) is 26.8 Å². The fraction of sp³-hybridized carbons (Fsp3) is 0.600. The third-order valence-electron chi connectivity index (χ3n) is 3.64. The smallest absolute Gasteiger partial charge is 0.123 e.